The first kappa shape index (κ1) is 22.7. The predicted molar refractivity (Wildman–Crippen MR) is 120 cm³/mol. The van der Waals surface area contributed by atoms with E-state index in [1.54, 1.807) is 6.92 Å². The highest BCUT2D eigenvalue weighted by molar-refractivity contribution is 7.93. The molecule has 0 bridgehead atoms. The monoisotopic (exact) mass is 424 g/mol. The molecule has 0 saturated heterocycles. The largest absolute Gasteiger partial charge is 0.475 e. The SMILES string of the molecule is CCC(CN(c1sc2ccccc2c1C)S(=O)(=O)CC)C(=N)OC(C)(C)CC. The van der Waals surface area contributed by atoms with Crippen LogP contribution in [0.4, 0.5) is 5.00 Å². The molecule has 2 rings (SSSR count). The first-order valence-electron chi connectivity index (χ1n) is 9.82. The van der Waals surface area contributed by atoms with Crippen LogP contribution in [-0.2, 0) is 14.8 Å². The number of aryl methyl sites for hydroxylation is 1. The van der Waals surface area contributed by atoms with Crippen molar-refractivity contribution in [1.29, 1.82) is 5.41 Å². The molecule has 1 heterocycles. The molecule has 0 radical (unpaired) electrons. The maximum Gasteiger partial charge on any atom is 0.235 e. The molecule has 0 fully saturated rings. The number of nitrogens with zero attached hydrogens (tertiary/aromatic N) is 1. The van der Waals surface area contributed by atoms with Crippen LogP contribution in [0.25, 0.3) is 10.1 Å². The minimum Gasteiger partial charge on any atom is -0.475 e. The fraction of sp³-hybridized carbons (Fsp3) is 0.571. The molecule has 0 saturated carbocycles. The van der Waals surface area contributed by atoms with Crippen molar-refractivity contribution in [3.8, 4) is 0 Å². The Morgan fingerprint density at radius 2 is 1.89 bits per heavy atom. The first-order valence-corrected chi connectivity index (χ1v) is 12.2. The van der Waals surface area contributed by atoms with Crippen LogP contribution in [0.1, 0.15) is 53.0 Å². The van der Waals surface area contributed by atoms with Gasteiger partial charge in [0.1, 0.15) is 10.6 Å². The number of hydrogen-bond donors (Lipinski definition) is 1. The topological polar surface area (TPSA) is 70.5 Å². The Labute approximate surface area is 173 Å². The van der Waals surface area contributed by atoms with Gasteiger partial charge in [-0.25, -0.2) is 8.42 Å². The van der Waals surface area contributed by atoms with Crippen LogP contribution < -0.4 is 4.31 Å². The van der Waals surface area contributed by atoms with E-state index in [1.165, 1.54) is 15.6 Å². The molecule has 0 aliphatic heterocycles. The van der Waals surface area contributed by atoms with E-state index >= 15 is 0 Å². The molecule has 1 unspecified atom stereocenters. The summed E-state index contributed by atoms with van der Waals surface area (Å²) in [5, 5.41) is 10.3. The van der Waals surface area contributed by atoms with Gasteiger partial charge in [-0.3, -0.25) is 9.71 Å². The van der Waals surface area contributed by atoms with Crippen molar-refractivity contribution < 1.29 is 13.2 Å². The number of ether oxygens (including phenoxy) is 1. The van der Waals surface area contributed by atoms with Gasteiger partial charge in [0.15, 0.2) is 5.90 Å². The smallest absolute Gasteiger partial charge is 0.235 e. The van der Waals surface area contributed by atoms with Crippen LogP contribution in [-0.4, -0.2) is 32.2 Å². The zero-order valence-corrected chi connectivity index (χ0v) is 19.3. The summed E-state index contributed by atoms with van der Waals surface area (Å²) < 4.78 is 34.4. The molecule has 1 N–H and O–H groups in total. The van der Waals surface area contributed by atoms with Crippen molar-refractivity contribution in [2.24, 2.45) is 5.92 Å². The van der Waals surface area contributed by atoms with Crippen molar-refractivity contribution in [3.05, 3.63) is 29.8 Å². The lowest BCUT2D eigenvalue weighted by Crippen LogP contribution is -2.40. The molecule has 1 aromatic heterocycles. The molecule has 5 nitrogen and oxygen atoms in total. The van der Waals surface area contributed by atoms with Gasteiger partial charge >= 0.3 is 0 Å². The lowest BCUT2D eigenvalue weighted by atomic mass is 10.0. The standard InChI is InChI=1S/C21H32N2O3S2/c1-7-16(19(22)26-21(5,6)8-2)14-23(28(24,25)9-3)20-15(4)17-12-10-11-13-18(17)27-20/h10-13,16,22H,7-9,14H2,1-6H3. The molecular formula is C21H32N2O3S2. The zero-order valence-electron chi connectivity index (χ0n) is 17.7. The molecule has 0 spiro atoms. The summed E-state index contributed by atoms with van der Waals surface area (Å²) in [5.74, 6) is -0.118. The molecular weight excluding hydrogens is 392 g/mol. The van der Waals surface area contributed by atoms with Gasteiger partial charge in [0, 0.05) is 11.2 Å². The number of hydrogen-bond acceptors (Lipinski definition) is 5. The second kappa shape index (κ2) is 8.82. The van der Waals surface area contributed by atoms with Crippen LogP contribution in [0.5, 0.6) is 0 Å². The number of sulfonamides is 1. The third kappa shape index (κ3) is 4.87. The van der Waals surface area contributed by atoms with Crippen molar-refractivity contribution in [1.82, 2.24) is 0 Å². The molecule has 28 heavy (non-hydrogen) atoms. The summed E-state index contributed by atoms with van der Waals surface area (Å²) in [6.45, 7) is 11.7. The van der Waals surface area contributed by atoms with Gasteiger partial charge < -0.3 is 4.74 Å². The van der Waals surface area contributed by atoms with Crippen LogP contribution in [0, 0.1) is 18.3 Å². The number of benzene rings is 1. The van der Waals surface area contributed by atoms with Crippen molar-refractivity contribution in [3.63, 3.8) is 0 Å². The summed E-state index contributed by atoms with van der Waals surface area (Å²) >= 11 is 1.49. The minimum absolute atomic E-state index is 0.0196. The van der Waals surface area contributed by atoms with Gasteiger partial charge in [-0.15, -0.1) is 11.3 Å². The lowest BCUT2D eigenvalue weighted by Gasteiger charge is -2.31. The highest BCUT2D eigenvalue weighted by Crippen LogP contribution is 2.39. The van der Waals surface area contributed by atoms with Gasteiger partial charge in [-0.2, -0.15) is 0 Å². The molecule has 7 heteroatoms. The van der Waals surface area contributed by atoms with Crippen LogP contribution in [0.15, 0.2) is 24.3 Å². The molecule has 1 aromatic carbocycles. The third-order valence-corrected chi connectivity index (χ3v) is 8.38. The molecule has 1 atom stereocenters. The van der Waals surface area contributed by atoms with E-state index in [4.69, 9.17) is 10.1 Å². The van der Waals surface area contributed by atoms with Crippen molar-refractivity contribution in [2.45, 2.75) is 60.0 Å². The fourth-order valence-corrected chi connectivity index (χ4v) is 5.61. The highest BCUT2D eigenvalue weighted by Gasteiger charge is 2.31. The Balaban J connectivity index is 2.43. The first-order chi connectivity index (χ1) is 13.1. The molecule has 156 valence electrons. The highest BCUT2D eigenvalue weighted by atomic mass is 32.2. The second-order valence-corrected chi connectivity index (χ2v) is 10.9. The molecule has 0 aliphatic rings. The van der Waals surface area contributed by atoms with Crippen LogP contribution in [0.2, 0.25) is 0 Å². The summed E-state index contributed by atoms with van der Waals surface area (Å²) in [4.78, 5) is 0. The second-order valence-electron chi connectivity index (χ2n) is 7.64. The van der Waals surface area contributed by atoms with Gasteiger partial charge in [-0.05, 0) is 57.6 Å². The van der Waals surface area contributed by atoms with Gasteiger partial charge in [0.05, 0.1) is 11.7 Å². The van der Waals surface area contributed by atoms with Gasteiger partial charge in [-0.1, -0.05) is 32.0 Å². The number of fused-ring (bicyclic) bond motifs is 1. The third-order valence-electron chi connectivity index (χ3n) is 5.23. The van der Waals surface area contributed by atoms with E-state index in [1.807, 2.05) is 58.9 Å². The van der Waals surface area contributed by atoms with E-state index < -0.39 is 15.6 Å². The number of nitrogens with one attached hydrogen (secondary N) is 1. The molecule has 0 aliphatic carbocycles. The van der Waals surface area contributed by atoms with Gasteiger partial charge in [0.2, 0.25) is 10.0 Å². The number of rotatable bonds is 9. The predicted octanol–water partition coefficient (Wildman–Crippen LogP) is 5.57. The summed E-state index contributed by atoms with van der Waals surface area (Å²) in [5.41, 5.74) is 0.528. The van der Waals surface area contributed by atoms with E-state index in [9.17, 15) is 8.42 Å². The van der Waals surface area contributed by atoms with E-state index in [0.717, 1.165) is 27.1 Å². The minimum atomic E-state index is -3.48. The quantitative estimate of drug-likeness (QED) is 0.422. The average Bonchev–Trinajstić information content (AvgIpc) is 2.98. The Bertz CT molecular complexity index is 932. The maximum atomic E-state index is 13.0. The van der Waals surface area contributed by atoms with Crippen LogP contribution in [0.3, 0.4) is 0 Å². The maximum absolute atomic E-state index is 13.0. The Hall–Kier alpha value is -1.60. The fourth-order valence-electron chi connectivity index (χ4n) is 2.93. The van der Waals surface area contributed by atoms with E-state index in [-0.39, 0.29) is 24.1 Å². The Morgan fingerprint density at radius 3 is 2.43 bits per heavy atom. The summed E-state index contributed by atoms with van der Waals surface area (Å²) in [6, 6.07) is 7.97. The summed E-state index contributed by atoms with van der Waals surface area (Å²) in [6.07, 6.45) is 1.41. The van der Waals surface area contributed by atoms with Crippen molar-refractivity contribution in [2.75, 3.05) is 16.6 Å². The van der Waals surface area contributed by atoms with E-state index in [2.05, 4.69) is 0 Å². The number of thiophene rings is 1. The Kier molecular flexibility index (Phi) is 7.15. The Morgan fingerprint density at radius 1 is 1.25 bits per heavy atom. The number of anilines is 1. The zero-order chi connectivity index (χ0) is 21.1. The van der Waals surface area contributed by atoms with Gasteiger partial charge in [0.25, 0.3) is 0 Å². The van der Waals surface area contributed by atoms with E-state index in [0.29, 0.717) is 6.42 Å². The van der Waals surface area contributed by atoms with Crippen molar-refractivity contribution >= 4 is 42.3 Å². The van der Waals surface area contributed by atoms with Crippen LogP contribution >= 0.6 is 11.3 Å². The molecule has 2 aromatic rings. The molecule has 0 amide bonds. The lowest BCUT2D eigenvalue weighted by molar-refractivity contribution is 0.0799. The normalized spacial score (nSPS) is 13.5. The average molecular weight is 425 g/mol. The summed E-state index contributed by atoms with van der Waals surface area (Å²) in [7, 11) is -3.48.